The minimum Gasteiger partial charge on any atom is -0.361 e. The summed E-state index contributed by atoms with van der Waals surface area (Å²) in [4.78, 5) is 19.2. The third-order valence-electron chi connectivity index (χ3n) is 3.52. The molecule has 0 amide bonds. The highest BCUT2D eigenvalue weighted by atomic mass is 16.6. The third kappa shape index (κ3) is 3.34. The van der Waals surface area contributed by atoms with Crippen molar-refractivity contribution in [3.8, 4) is 0 Å². The number of hydrogen-bond acceptors (Lipinski definition) is 6. The Morgan fingerprint density at radius 3 is 2.60 bits per heavy atom. The zero-order chi connectivity index (χ0) is 14.5. The van der Waals surface area contributed by atoms with E-state index in [1.165, 1.54) is 6.42 Å². The molecule has 0 bridgehead atoms. The molecule has 0 aliphatic heterocycles. The van der Waals surface area contributed by atoms with Crippen LogP contribution in [-0.4, -0.2) is 27.5 Å². The summed E-state index contributed by atoms with van der Waals surface area (Å²) in [7, 11) is 0. The maximum Gasteiger partial charge on any atom is 0.332 e. The van der Waals surface area contributed by atoms with E-state index in [1.807, 2.05) is 6.92 Å². The van der Waals surface area contributed by atoms with Crippen LogP contribution in [-0.2, 0) is 0 Å². The first-order valence-corrected chi connectivity index (χ1v) is 7.15. The van der Waals surface area contributed by atoms with Gasteiger partial charge in [-0.25, -0.2) is 4.98 Å². The van der Waals surface area contributed by atoms with Gasteiger partial charge in [-0.15, -0.1) is 0 Å². The second-order valence-corrected chi connectivity index (χ2v) is 5.10. The zero-order valence-electron chi connectivity index (χ0n) is 12.0. The smallest absolute Gasteiger partial charge is 0.332 e. The maximum absolute atomic E-state index is 11.2. The zero-order valence-corrected chi connectivity index (χ0v) is 12.0. The van der Waals surface area contributed by atoms with Crippen molar-refractivity contribution in [1.82, 2.24) is 9.97 Å². The SMILES string of the molecule is CCNc1nc(C)c([N+](=O)[O-])c(NC2CCCCC2)n1. The van der Waals surface area contributed by atoms with E-state index in [-0.39, 0.29) is 11.7 Å². The minimum atomic E-state index is -0.407. The quantitative estimate of drug-likeness (QED) is 0.636. The van der Waals surface area contributed by atoms with Crippen LogP contribution in [0, 0.1) is 17.0 Å². The number of nitrogens with one attached hydrogen (secondary N) is 2. The molecule has 0 saturated heterocycles. The van der Waals surface area contributed by atoms with Gasteiger partial charge < -0.3 is 10.6 Å². The Hall–Kier alpha value is -1.92. The van der Waals surface area contributed by atoms with Gasteiger partial charge in [0, 0.05) is 12.6 Å². The Bertz CT molecular complexity index is 486. The summed E-state index contributed by atoms with van der Waals surface area (Å²) in [6.45, 7) is 4.27. The van der Waals surface area contributed by atoms with E-state index in [9.17, 15) is 10.1 Å². The largest absolute Gasteiger partial charge is 0.361 e. The first-order valence-electron chi connectivity index (χ1n) is 7.15. The van der Waals surface area contributed by atoms with Gasteiger partial charge in [0.25, 0.3) is 0 Å². The van der Waals surface area contributed by atoms with Crippen LogP contribution in [0.4, 0.5) is 17.5 Å². The van der Waals surface area contributed by atoms with E-state index in [0.717, 1.165) is 25.7 Å². The molecule has 0 spiro atoms. The van der Waals surface area contributed by atoms with Crippen LogP contribution in [0.15, 0.2) is 0 Å². The molecule has 1 aromatic heterocycles. The van der Waals surface area contributed by atoms with E-state index in [0.29, 0.717) is 24.0 Å². The molecule has 0 atom stereocenters. The van der Waals surface area contributed by atoms with Crippen LogP contribution in [0.2, 0.25) is 0 Å². The number of nitrogens with zero attached hydrogens (tertiary/aromatic N) is 3. The number of anilines is 2. The Labute approximate surface area is 118 Å². The Morgan fingerprint density at radius 2 is 2.00 bits per heavy atom. The second kappa shape index (κ2) is 6.49. The molecular formula is C13H21N5O2. The molecule has 1 heterocycles. The lowest BCUT2D eigenvalue weighted by Crippen LogP contribution is -2.24. The molecule has 1 fully saturated rings. The lowest BCUT2D eigenvalue weighted by atomic mass is 9.95. The van der Waals surface area contributed by atoms with Gasteiger partial charge in [-0.1, -0.05) is 19.3 Å². The summed E-state index contributed by atoms with van der Waals surface area (Å²) in [6.07, 6.45) is 5.64. The van der Waals surface area contributed by atoms with Crippen molar-refractivity contribution in [3.63, 3.8) is 0 Å². The fraction of sp³-hybridized carbons (Fsp3) is 0.692. The molecule has 1 saturated carbocycles. The number of aromatic nitrogens is 2. The van der Waals surface area contributed by atoms with E-state index in [2.05, 4.69) is 20.6 Å². The lowest BCUT2D eigenvalue weighted by molar-refractivity contribution is -0.385. The summed E-state index contributed by atoms with van der Waals surface area (Å²) >= 11 is 0. The molecule has 2 rings (SSSR count). The van der Waals surface area contributed by atoms with Gasteiger partial charge in [0.05, 0.1) is 4.92 Å². The van der Waals surface area contributed by atoms with Crippen molar-refractivity contribution in [3.05, 3.63) is 15.8 Å². The second-order valence-electron chi connectivity index (χ2n) is 5.10. The van der Waals surface area contributed by atoms with Gasteiger partial charge in [-0.3, -0.25) is 10.1 Å². The average Bonchev–Trinajstić information content (AvgIpc) is 2.39. The summed E-state index contributed by atoms with van der Waals surface area (Å²) in [5, 5.41) is 17.5. The Kier molecular flexibility index (Phi) is 4.70. The fourth-order valence-electron chi connectivity index (χ4n) is 2.56. The van der Waals surface area contributed by atoms with Gasteiger partial charge in [0.2, 0.25) is 11.8 Å². The molecule has 1 aromatic rings. The van der Waals surface area contributed by atoms with Crippen molar-refractivity contribution >= 4 is 17.5 Å². The predicted molar refractivity (Wildman–Crippen MR) is 78.1 cm³/mol. The van der Waals surface area contributed by atoms with Gasteiger partial charge in [-0.2, -0.15) is 4.98 Å². The maximum atomic E-state index is 11.2. The van der Waals surface area contributed by atoms with Crippen LogP contribution in [0.5, 0.6) is 0 Å². The highest BCUT2D eigenvalue weighted by Crippen LogP contribution is 2.29. The summed E-state index contributed by atoms with van der Waals surface area (Å²) < 4.78 is 0. The van der Waals surface area contributed by atoms with Gasteiger partial charge >= 0.3 is 5.69 Å². The molecule has 1 aliphatic carbocycles. The lowest BCUT2D eigenvalue weighted by Gasteiger charge is -2.23. The summed E-state index contributed by atoms with van der Waals surface area (Å²) in [6, 6.07) is 0.270. The molecular weight excluding hydrogens is 258 g/mol. The van der Waals surface area contributed by atoms with Crippen molar-refractivity contribution < 1.29 is 4.92 Å². The predicted octanol–water partition coefficient (Wildman–Crippen LogP) is 2.87. The van der Waals surface area contributed by atoms with Crippen molar-refractivity contribution in [2.45, 2.75) is 52.0 Å². The van der Waals surface area contributed by atoms with E-state index >= 15 is 0 Å². The van der Waals surface area contributed by atoms with E-state index in [4.69, 9.17) is 0 Å². The van der Waals surface area contributed by atoms with Crippen LogP contribution in [0.3, 0.4) is 0 Å². The fourth-order valence-corrected chi connectivity index (χ4v) is 2.56. The minimum absolute atomic E-state index is 0.0165. The Morgan fingerprint density at radius 1 is 1.30 bits per heavy atom. The van der Waals surface area contributed by atoms with Gasteiger partial charge in [-0.05, 0) is 26.7 Å². The van der Waals surface area contributed by atoms with E-state index < -0.39 is 4.92 Å². The Balaban J connectivity index is 2.28. The van der Waals surface area contributed by atoms with Crippen LogP contribution < -0.4 is 10.6 Å². The monoisotopic (exact) mass is 279 g/mol. The molecule has 0 aromatic carbocycles. The molecule has 0 radical (unpaired) electrons. The van der Waals surface area contributed by atoms with E-state index in [1.54, 1.807) is 6.92 Å². The van der Waals surface area contributed by atoms with Crippen molar-refractivity contribution in [2.24, 2.45) is 0 Å². The molecule has 7 nitrogen and oxygen atoms in total. The molecule has 7 heteroatoms. The molecule has 0 unspecified atom stereocenters. The normalized spacial score (nSPS) is 15.9. The molecule has 2 N–H and O–H groups in total. The first kappa shape index (κ1) is 14.5. The third-order valence-corrected chi connectivity index (χ3v) is 3.52. The molecule has 20 heavy (non-hydrogen) atoms. The van der Waals surface area contributed by atoms with Crippen molar-refractivity contribution in [1.29, 1.82) is 0 Å². The van der Waals surface area contributed by atoms with Gasteiger partial charge in [0.1, 0.15) is 5.69 Å². The number of aryl methyl sites for hydroxylation is 1. The summed E-state index contributed by atoms with van der Waals surface area (Å²) in [5.41, 5.74) is 0.372. The highest BCUT2D eigenvalue weighted by Gasteiger charge is 2.24. The summed E-state index contributed by atoms with van der Waals surface area (Å²) in [5.74, 6) is 0.777. The van der Waals surface area contributed by atoms with Crippen molar-refractivity contribution in [2.75, 3.05) is 17.2 Å². The number of nitro groups is 1. The standard InChI is InChI=1S/C13H21N5O2/c1-3-14-13-15-9(2)11(18(19)20)12(17-13)16-10-7-5-4-6-8-10/h10H,3-8H2,1-2H3,(H2,14,15,16,17). The highest BCUT2D eigenvalue weighted by molar-refractivity contribution is 5.61. The number of rotatable bonds is 5. The molecule has 110 valence electrons. The topological polar surface area (TPSA) is 93.0 Å². The van der Waals surface area contributed by atoms with Crippen LogP contribution >= 0.6 is 0 Å². The molecule has 1 aliphatic rings. The number of hydrogen-bond donors (Lipinski definition) is 2. The van der Waals surface area contributed by atoms with Gasteiger partial charge in [0.15, 0.2) is 0 Å². The first-order chi connectivity index (χ1) is 9.61. The van der Waals surface area contributed by atoms with Crippen LogP contribution in [0.1, 0.15) is 44.7 Å². The average molecular weight is 279 g/mol. The van der Waals surface area contributed by atoms with Crippen LogP contribution in [0.25, 0.3) is 0 Å².